The van der Waals surface area contributed by atoms with Crippen LogP contribution in [0.2, 0.25) is 0 Å². The lowest BCUT2D eigenvalue weighted by molar-refractivity contribution is -0.479. The van der Waals surface area contributed by atoms with E-state index in [0.717, 1.165) is 5.92 Å². The number of hydrogen-bond acceptors (Lipinski definition) is 0. The summed E-state index contributed by atoms with van der Waals surface area (Å²) in [6.45, 7) is 8.96. The van der Waals surface area contributed by atoms with Gasteiger partial charge < -0.3 is 23.0 Å². The molecule has 0 aliphatic carbocycles. The zero-order valence-electron chi connectivity index (χ0n) is 9.99. The van der Waals surface area contributed by atoms with Crippen LogP contribution in [0.4, 0.5) is 17.3 Å². The van der Waals surface area contributed by atoms with Crippen molar-refractivity contribution in [2.24, 2.45) is 5.92 Å². The molecule has 0 bridgehead atoms. The van der Waals surface area contributed by atoms with E-state index in [9.17, 15) is 17.3 Å². The molecule has 0 aliphatic rings. The van der Waals surface area contributed by atoms with Gasteiger partial charge in [0.25, 0.3) is 0 Å². The average Bonchev–Trinajstić information content (AvgIpc) is 1.94. The molecule has 15 heavy (non-hydrogen) atoms. The number of hydrogen-bond donors (Lipinski definition) is 1. The van der Waals surface area contributed by atoms with Crippen molar-refractivity contribution in [3.8, 4) is 0 Å². The fourth-order valence-electron chi connectivity index (χ4n) is 0.901. The molecule has 0 rings (SSSR count). The Morgan fingerprint density at radius 3 is 1.73 bits per heavy atom. The zero-order valence-corrected chi connectivity index (χ0v) is 9.99. The van der Waals surface area contributed by atoms with E-state index in [-0.39, 0.29) is 5.54 Å². The van der Waals surface area contributed by atoms with Gasteiger partial charge in [-0.15, -0.1) is 0 Å². The van der Waals surface area contributed by atoms with Crippen LogP contribution in [0.1, 0.15) is 47.0 Å². The van der Waals surface area contributed by atoms with Crippen LogP contribution in [0, 0.1) is 5.92 Å². The van der Waals surface area contributed by atoms with Crippen LogP contribution in [0.3, 0.4) is 0 Å². The van der Waals surface area contributed by atoms with Crippen molar-refractivity contribution < 1.29 is 23.0 Å². The predicted molar refractivity (Wildman–Crippen MR) is 55.8 cm³/mol. The van der Waals surface area contributed by atoms with Crippen molar-refractivity contribution in [3.63, 3.8) is 0 Å². The monoisotopic (exact) mass is 231 g/mol. The molecule has 0 aromatic heterocycles. The van der Waals surface area contributed by atoms with Crippen LogP contribution in [0.5, 0.6) is 0 Å². The Morgan fingerprint density at radius 2 is 1.53 bits per heavy atom. The van der Waals surface area contributed by atoms with Gasteiger partial charge in [-0.05, 0) is 20.3 Å². The predicted octanol–water partition coefficient (Wildman–Crippen LogP) is 3.13. The molecule has 6 heteroatoms. The minimum Gasteiger partial charge on any atom is -0.418 e. The molecule has 0 amide bonds. The first kappa shape index (κ1) is 17.1. The van der Waals surface area contributed by atoms with Crippen LogP contribution in [0.15, 0.2) is 0 Å². The fourth-order valence-corrected chi connectivity index (χ4v) is 0.901. The molecule has 0 radical (unpaired) electrons. The van der Waals surface area contributed by atoms with Crippen molar-refractivity contribution in [3.05, 3.63) is 0 Å². The molecule has 1 atom stereocenters. The van der Waals surface area contributed by atoms with Crippen LogP contribution >= 0.6 is 0 Å². The summed E-state index contributed by atoms with van der Waals surface area (Å²) in [6, 6.07) is 0. The summed E-state index contributed by atoms with van der Waals surface area (Å²) in [5.74, 6) is 0.757. The van der Waals surface area contributed by atoms with Crippen molar-refractivity contribution in [2.75, 3.05) is 0 Å². The Bertz CT molecular complexity index is 147. The Morgan fingerprint density at radius 1 is 1.20 bits per heavy atom. The molecular weight excluding hydrogens is 209 g/mol. The van der Waals surface area contributed by atoms with Gasteiger partial charge in [-0.25, -0.2) is 0 Å². The van der Waals surface area contributed by atoms with Gasteiger partial charge in [-0.1, -0.05) is 26.7 Å². The first-order chi connectivity index (χ1) is 6.48. The van der Waals surface area contributed by atoms with Crippen molar-refractivity contribution in [1.29, 1.82) is 0 Å². The number of rotatable bonds is 4. The molecule has 1 unspecified atom stereocenters. The SMILES string of the molecule is CCCCC(C)C(C)(C)[NH3+].F[B-](F)(F)F. The van der Waals surface area contributed by atoms with E-state index in [2.05, 4.69) is 33.4 Å². The van der Waals surface area contributed by atoms with Crippen molar-refractivity contribution in [1.82, 2.24) is 0 Å². The summed E-state index contributed by atoms with van der Waals surface area (Å²) in [6.07, 6.45) is 3.98. The highest BCUT2D eigenvalue weighted by molar-refractivity contribution is 6.50. The van der Waals surface area contributed by atoms with Gasteiger partial charge in [-0.2, -0.15) is 0 Å². The van der Waals surface area contributed by atoms with E-state index < -0.39 is 7.25 Å². The highest BCUT2D eigenvalue weighted by Gasteiger charge is 2.23. The van der Waals surface area contributed by atoms with E-state index in [1.165, 1.54) is 19.3 Å². The first-order valence-corrected chi connectivity index (χ1v) is 5.21. The van der Waals surface area contributed by atoms with Crippen molar-refractivity contribution >= 4 is 7.25 Å². The third-order valence-corrected chi connectivity index (χ3v) is 2.32. The molecule has 1 nitrogen and oxygen atoms in total. The minimum absolute atomic E-state index is 0.259. The van der Waals surface area contributed by atoms with E-state index in [4.69, 9.17) is 0 Å². The largest absolute Gasteiger partial charge is 0.673 e. The van der Waals surface area contributed by atoms with Crippen LogP contribution < -0.4 is 5.73 Å². The van der Waals surface area contributed by atoms with Gasteiger partial charge in [0.1, 0.15) is 0 Å². The molecule has 94 valence electrons. The summed E-state index contributed by atoms with van der Waals surface area (Å²) in [5, 5.41) is 0. The molecule has 0 spiro atoms. The van der Waals surface area contributed by atoms with Gasteiger partial charge in [0.05, 0.1) is 5.54 Å². The van der Waals surface area contributed by atoms with Gasteiger partial charge in [-0.3, -0.25) is 0 Å². The van der Waals surface area contributed by atoms with Crippen LogP contribution in [0.25, 0.3) is 0 Å². The van der Waals surface area contributed by atoms with E-state index >= 15 is 0 Å². The highest BCUT2D eigenvalue weighted by atomic mass is 19.5. The molecule has 0 aliphatic heterocycles. The Balaban J connectivity index is 0. The maximum absolute atomic E-state index is 9.75. The molecule has 0 heterocycles. The number of unbranched alkanes of at least 4 members (excludes halogenated alkanes) is 1. The summed E-state index contributed by atoms with van der Waals surface area (Å²) in [5.41, 5.74) is 4.38. The standard InChI is InChI=1S/C9H21N.BF4/c1-5-6-7-8(2)9(3,4)10;2-1(3,4)5/h8H,5-7,10H2,1-4H3;/q;-1/p+1. The van der Waals surface area contributed by atoms with Gasteiger partial charge in [0.2, 0.25) is 0 Å². The summed E-state index contributed by atoms with van der Waals surface area (Å²) in [4.78, 5) is 0. The molecular formula is C9H22BF4N. The normalized spacial score (nSPS) is 14.2. The Kier molecular flexibility index (Phi) is 8.11. The Hall–Kier alpha value is -0.255. The van der Waals surface area contributed by atoms with Crippen molar-refractivity contribution in [2.45, 2.75) is 52.5 Å². The van der Waals surface area contributed by atoms with Gasteiger partial charge in [0, 0.05) is 5.92 Å². The third kappa shape index (κ3) is 20.0. The topological polar surface area (TPSA) is 27.6 Å². The summed E-state index contributed by atoms with van der Waals surface area (Å²) in [7, 11) is -6.00. The average molecular weight is 231 g/mol. The van der Waals surface area contributed by atoms with E-state index in [1.54, 1.807) is 0 Å². The summed E-state index contributed by atoms with van der Waals surface area (Å²) >= 11 is 0. The first-order valence-electron chi connectivity index (χ1n) is 5.21. The number of quaternary nitrogens is 1. The maximum atomic E-state index is 9.75. The highest BCUT2D eigenvalue weighted by Crippen LogP contribution is 2.17. The van der Waals surface area contributed by atoms with Gasteiger partial charge in [0.15, 0.2) is 0 Å². The number of halogens is 4. The Labute approximate surface area is 89.5 Å². The second-order valence-electron chi connectivity index (χ2n) is 4.53. The fraction of sp³-hybridized carbons (Fsp3) is 1.00. The second-order valence-corrected chi connectivity index (χ2v) is 4.53. The minimum atomic E-state index is -6.00. The molecule has 0 saturated carbocycles. The molecule has 0 fully saturated rings. The lowest BCUT2D eigenvalue weighted by atomic mass is 9.86. The van der Waals surface area contributed by atoms with E-state index in [1.807, 2.05) is 0 Å². The lowest BCUT2D eigenvalue weighted by Gasteiger charge is -2.23. The quantitative estimate of drug-likeness (QED) is 0.568. The maximum Gasteiger partial charge on any atom is 0.673 e. The van der Waals surface area contributed by atoms with Crippen LogP contribution in [-0.4, -0.2) is 12.8 Å². The summed E-state index contributed by atoms with van der Waals surface area (Å²) < 4.78 is 39.0. The molecule has 0 saturated heterocycles. The third-order valence-electron chi connectivity index (χ3n) is 2.32. The smallest absolute Gasteiger partial charge is 0.418 e. The molecule has 0 aromatic carbocycles. The van der Waals surface area contributed by atoms with Gasteiger partial charge >= 0.3 is 7.25 Å². The van der Waals surface area contributed by atoms with E-state index in [0.29, 0.717) is 0 Å². The second kappa shape index (κ2) is 7.09. The molecule has 0 aromatic rings. The lowest BCUT2D eigenvalue weighted by Crippen LogP contribution is -2.72. The zero-order chi connectivity index (χ0) is 12.7. The molecule has 3 N–H and O–H groups in total. The van der Waals surface area contributed by atoms with Crippen LogP contribution in [-0.2, 0) is 0 Å².